The molecule has 0 saturated heterocycles. The van der Waals surface area contributed by atoms with Gasteiger partial charge in [0, 0.05) is 0 Å². The van der Waals surface area contributed by atoms with Crippen LogP contribution >= 0.6 is 0 Å². The summed E-state index contributed by atoms with van der Waals surface area (Å²) >= 11 is 0. The molecule has 0 radical (unpaired) electrons. The van der Waals surface area contributed by atoms with E-state index in [9.17, 15) is 14.4 Å². The van der Waals surface area contributed by atoms with E-state index in [-0.39, 0.29) is 12.5 Å². The second-order valence-corrected chi connectivity index (χ2v) is 5.95. The third-order valence-corrected chi connectivity index (χ3v) is 3.22. The summed E-state index contributed by atoms with van der Waals surface area (Å²) in [6, 6.07) is 8.06. The number of hydroxylamine groups is 1. The first-order valence-corrected chi connectivity index (χ1v) is 7.95. The highest BCUT2D eigenvalue weighted by atomic mass is 16.7. The Morgan fingerprint density at radius 3 is 2.32 bits per heavy atom. The highest BCUT2D eigenvalue weighted by Crippen LogP contribution is 2.06. The molecule has 8 heteroatoms. The monoisotopic (exact) mass is 352 g/mol. The Bertz CT molecular complexity index is 576. The molecule has 0 bridgehead atoms. The zero-order valence-electron chi connectivity index (χ0n) is 14.5. The summed E-state index contributed by atoms with van der Waals surface area (Å²) in [7, 11) is 0. The molecule has 138 valence electrons. The number of carbonyl (C=O) groups excluding carboxylic acids is 2. The molecule has 1 rings (SSSR count). The van der Waals surface area contributed by atoms with Gasteiger partial charge in [0.25, 0.3) is 5.91 Å². The molecule has 0 saturated carbocycles. The van der Waals surface area contributed by atoms with Crippen molar-refractivity contribution in [3.8, 4) is 0 Å². The van der Waals surface area contributed by atoms with Crippen LogP contribution in [0.3, 0.4) is 0 Å². The molecule has 0 aliphatic carbocycles. The van der Waals surface area contributed by atoms with Crippen molar-refractivity contribution in [3.05, 3.63) is 35.9 Å². The Kier molecular flexibility index (Phi) is 8.42. The van der Waals surface area contributed by atoms with Crippen molar-refractivity contribution < 1.29 is 29.1 Å². The Hall–Kier alpha value is -2.61. The molecule has 1 aromatic carbocycles. The standard InChI is InChI=1S/C17H24N2O6/c1-11(2)9-14(16(21)22)18-15(20)12(3)25-19-17(23)24-10-13-7-5-4-6-8-13/h4-8,11-12,14H,9-10H2,1-3H3,(H,18,20)(H,19,23)(H,21,22)/t12-,14-/m0/s1. The number of aliphatic carboxylic acids is 1. The molecule has 0 heterocycles. The van der Waals surface area contributed by atoms with Crippen molar-refractivity contribution in [2.75, 3.05) is 0 Å². The molecule has 0 spiro atoms. The Morgan fingerprint density at radius 1 is 1.12 bits per heavy atom. The summed E-state index contributed by atoms with van der Waals surface area (Å²) < 4.78 is 4.93. The molecule has 2 atom stereocenters. The van der Waals surface area contributed by atoms with E-state index >= 15 is 0 Å². The van der Waals surface area contributed by atoms with E-state index in [4.69, 9.17) is 14.7 Å². The number of benzene rings is 1. The van der Waals surface area contributed by atoms with E-state index in [1.54, 1.807) is 12.1 Å². The minimum absolute atomic E-state index is 0.0616. The van der Waals surface area contributed by atoms with Crippen LogP contribution in [0.5, 0.6) is 0 Å². The van der Waals surface area contributed by atoms with Gasteiger partial charge in [0.15, 0.2) is 6.10 Å². The van der Waals surface area contributed by atoms with Crippen molar-refractivity contribution >= 4 is 18.0 Å². The molecule has 1 aromatic rings. The van der Waals surface area contributed by atoms with Crippen LogP contribution in [0, 0.1) is 5.92 Å². The molecule has 8 nitrogen and oxygen atoms in total. The van der Waals surface area contributed by atoms with Gasteiger partial charge in [-0.15, -0.1) is 0 Å². The van der Waals surface area contributed by atoms with E-state index < -0.39 is 30.1 Å². The van der Waals surface area contributed by atoms with Crippen molar-refractivity contribution in [2.45, 2.75) is 45.9 Å². The van der Waals surface area contributed by atoms with Crippen LogP contribution in [0.2, 0.25) is 0 Å². The van der Waals surface area contributed by atoms with Crippen molar-refractivity contribution in [1.82, 2.24) is 10.8 Å². The van der Waals surface area contributed by atoms with E-state index in [0.717, 1.165) is 5.56 Å². The first-order chi connectivity index (χ1) is 11.8. The number of hydrogen-bond donors (Lipinski definition) is 3. The molecule has 0 fully saturated rings. The van der Waals surface area contributed by atoms with Crippen molar-refractivity contribution in [2.24, 2.45) is 5.92 Å². The van der Waals surface area contributed by atoms with Gasteiger partial charge in [-0.05, 0) is 24.8 Å². The quantitative estimate of drug-likeness (QED) is 0.585. The fourth-order valence-electron chi connectivity index (χ4n) is 1.92. The van der Waals surface area contributed by atoms with Crippen molar-refractivity contribution in [3.63, 3.8) is 0 Å². The van der Waals surface area contributed by atoms with E-state index in [0.29, 0.717) is 6.42 Å². The fraction of sp³-hybridized carbons (Fsp3) is 0.471. The smallest absolute Gasteiger partial charge is 0.431 e. The molecule has 0 aliphatic rings. The van der Waals surface area contributed by atoms with Gasteiger partial charge in [0.2, 0.25) is 0 Å². The number of carboxylic acids is 1. The minimum Gasteiger partial charge on any atom is -0.480 e. The largest absolute Gasteiger partial charge is 0.480 e. The number of carbonyl (C=O) groups is 3. The molecule has 0 unspecified atom stereocenters. The maximum atomic E-state index is 11.9. The lowest BCUT2D eigenvalue weighted by Gasteiger charge is -2.19. The van der Waals surface area contributed by atoms with Crippen LogP contribution in [0.4, 0.5) is 4.79 Å². The number of amides is 2. The summed E-state index contributed by atoms with van der Waals surface area (Å²) in [4.78, 5) is 39.5. The maximum Gasteiger partial charge on any atom is 0.431 e. The summed E-state index contributed by atoms with van der Waals surface area (Å²) in [5.74, 6) is -1.66. The molecule has 2 amide bonds. The van der Waals surface area contributed by atoms with Gasteiger partial charge in [-0.3, -0.25) is 9.63 Å². The summed E-state index contributed by atoms with van der Waals surface area (Å²) in [6.07, 6.45) is -1.63. The van der Waals surface area contributed by atoms with Crippen LogP contribution < -0.4 is 10.8 Å². The first-order valence-electron chi connectivity index (χ1n) is 7.95. The Balaban J connectivity index is 2.36. The van der Waals surface area contributed by atoms with Gasteiger partial charge in [0.1, 0.15) is 12.6 Å². The Labute approximate surface area is 146 Å². The third kappa shape index (κ3) is 8.16. The average molecular weight is 352 g/mol. The van der Waals surface area contributed by atoms with Gasteiger partial charge in [-0.25, -0.2) is 9.59 Å². The zero-order valence-corrected chi connectivity index (χ0v) is 14.5. The van der Waals surface area contributed by atoms with E-state index in [2.05, 4.69) is 5.32 Å². The predicted octanol–water partition coefficient (Wildman–Crippen LogP) is 1.85. The van der Waals surface area contributed by atoms with Gasteiger partial charge in [-0.1, -0.05) is 44.2 Å². The van der Waals surface area contributed by atoms with E-state index in [1.165, 1.54) is 6.92 Å². The molecule has 25 heavy (non-hydrogen) atoms. The second kappa shape index (κ2) is 10.3. The van der Waals surface area contributed by atoms with Crippen LogP contribution in [-0.2, 0) is 25.8 Å². The third-order valence-electron chi connectivity index (χ3n) is 3.22. The predicted molar refractivity (Wildman–Crippen MR) is 89.3 cm³/mol. The van der Waals surface area contributed by atoms with Crippen LogP contribution in [-0.4, -0.2) is 35.2 Å². The number of hydrogen-bond acceptors (Lipinski definition) is 5. The summed E-state index contributed by atoms with van der Waals surface area (Å²) in [5.41, 5.74) is 2.81. The molecule has 3 N–H and O–H groups in total. The summed E-state index contributed by atoms with van der Waals surface area (Å²) in [5, 5.41) is 11.5. The highest BCUT2D eigenvalue weighted by molar-refractivity contribution is 5.86. The van der Waals surface area contributed by atoms with Crippen LogP contribution in [0.15, 0.2) is 30.3 Å². The van der Waals surface area contributed by atoms with Crippen molar-refractivity contribution in [1.29, 1.82) is 0 Å². The number of ether oxygens (including phenoxy) is 1. The van der Waals surface area contributed by atoms with E-state index in [1.807, 2.05) is 37.5 Å². The lowest BCUT2D eigenvalue weighted by Crippen LogP contribution is -2.47. The number of carboxylic acid groups (broad SMARTS) is 1. The lowest BCUT2D eigenvalue weighted by molar-refractivity contribution is -0.145. The van der Waals surface area contributed by atoms with Gasteiger partial charge >= 0.3 is 12.1 Å². The van der Waals surface area contributed by atoms with Gasteiger partial charge in [0.05, 0.1) is 0 Å². The molecule has 0 aliphatic heterocycles. The average Bonchev–Trinajstić information content (AvgIpc) is 2.57. The van der Waals surface area contributed by atoms with Gasteiger partial charge in [-0.2, -0.15) is 5.48 Å². The maximum absolute atomic E-state index is 11.9. The molecule has 0 aromatic heterocycles. The number of nitrogens with one attached hydrogen (secondary N) is 2. The van der Waals surface area contributed by atoms with Crippen LogP contribution in [0.25, 0.3) is 0 Å². The Morgan fingerprint density at radius 2 is 1.76 bits per heavy atom. The SMILES string of the molecule is CC(C)C[C@H](NC(=O)[C@H](C)ONC(=O)OCc1ccccc1)C(=O)O. The molecular formula is C17H24N2O6. The second-order valence-electron chi connectivity index (χ2n) is 5.95. The fourth-order valence-corrected chi connectivity index (χ4v) is 1.92. The normalized spacial score (nSPS) is 13.0. The first kappa shape index (κ1) is 20.4. The van der Waals surface area contributed by atoms with Crippen LogP contribution in [0.1, 0.15) is 32.8 Å². The minimum atomic E-state index is -1.12. The lowest BCUT2D eigenvalue weighted by atomic mass is 10.0. The highest BCUT2D eigenvalue weighted by Gasteiger charge is 2.24. The summed E-state index contributed by atoms with van der Waals surface area (Å²) in [6.45, 7) is 5.16. The zero-order chi connectivity index (χ0) is 18.8. The van der Waals surface area contributed by atoms with Gasteiger partial charge < -0.3 is 15.2 Å². The topological polar surface area (TPSA) is 114 Å². The number of rotatable bonds is 9. The molecular weight excluding hydrogens is 328 g/mol.